The normalized spacial score (nSPS) is 10.7. The Hall–Kier alpha value is -2.11. The van der Waals surface area contributed by atoms with Gasteiger partial charge in [0.2, 0.25) is 0 Å². The van der Waals surface area contributed by atoms with Gasteiger partial charge in [0, 0.05) is 5.69 Å². The van der Waals surface area contributed by atoms with Gasteiger partial charge in [-0.2, -0.15) is 0 Å². The predicted octanol–water partition coefficient (Wildman–Crippen LogP) is 0.407. The molecule has 0 bridgehead atoms. The minimum absolute atomic E-state index is 0.119. The number of aromatic nitrogens is 3. The molecule has 0 atom stereocenters. The number of anilines is 1. The minimum Gasteiger partial charge on any atom is -0.480 e. The molecular formula is C9H10N4O2. The summed E-state index contributed by atoms with van der Waals surface area (Å²) in [6.45, 7) is 1.69. The number of hydrogen-bond donors (Lipinski definition) is 2. The van der Waals surface area contributed by atoms with Gasteiger partial charge in [0.1, 0.15) is 24.3 Å². The van der Waals surface area contributed by atoms with Crippen LogP contribution in [0.2, 0.25) is 0 Å². The number of nitrogen functional groups attached to an aromatic ring is 1. The summed E-state index contributed by atoms with van der Waals surface area (Å²) in [5.74, 6) is -0.542. The molecule has 2 heterocycles. The number of aryl methyl sites for hydroxylation is 1. The van der Waals surface area contributed by atoms with E-state index >= 15 is 0 Å². The lowest BCUT2D eigenvalue weighted by Gasteiger charge is -2.02. The number of nitrogens with zero attached hydrogens (tertiary/aromatic N) is 3. The SMILES string of the molecule is Cc1cc2c(N)ncnc2n1CC(=O)O. The summed E-state index contributed by atoms with van der Waals surface area (Å²) in [5, 5.41) is 9.43. The highest BCUT2D eigenvalue weighted by Crippen LogP contribution is 2.20. The first-order valence-electron chi connectivity index (χ1n) is 4.37. The molecular weight excluding hydrogens is 196 g/mol. The van der Waals surface area contributed by atoms with Crippen molar-refractivity contribution in [1.82, 2.24) is 14.5 Å². The van der Waals surface area contributed by atoms with Gasteiger partial charge in [0.25, 0.3) is 0 Å². The van der Waals surface area contributed by atoms with Crippen molar-refractivity contribution < 1.29 is 9.90 Å². The van der Waals surface area contributed by atoms with Crippen molar-refractivity contribution in [1.29, 1.82) is 0 Å². The van der Waals surface area contributed by atoms with Gasteiger partial charge in [0.15, 0.2) is 0 Å². The number of carboxylic acids is 1. The van der Waals surface area contributed by atoms with Crippen molar-refractivity contribution in [2.45, 2.75) is 13.5 Å². The molecule has 6 nitrogen and oxygen atoms in total. The zero-order valence-corrected chi connectivity index (χ0v) is 8.14. The molecule has 0 aliphatic heterocycles. The number of rotatable bonds is 2. The first-order valence-corrected chi connectivity index (χ1v) is 4.37. The van der Waals surface area contributed by atoms with Crippen molar-refractivity contribution in [3.05, 3.63) is 18.1 Å². The van der Waals surface area contributed by atoms with E-state index in [-0.39, 0.29) is 6.54 Å². The highest BCUT2D eigenvalue weighted by molar-refractivity contribution is 5.87. The van der Waals surface area contributed by atoms with E-state index in [0.717, 1.165) is 5.69 Å². The quantitative estimate of drug-likeness (QED) is 0.742. The Bertz CT molecular complexity index is 532. The molecule has 15 heavy (non-hydrogen) atoms. The van der Waals surface area contributed by atoms with Crippen LogP contribution in [-0.4, -0.2) is 25.6 Å². The average Bonchev–Trinajstić information content (AvgIpc) is 2.45. The molecule has 2 aromatic heterocycles. The summed E-state index contributed by atoms with van der Waals surface area (Å²) in [6.07, 6.45) is 1.33. The molecule has 0 spiro atoms. The second kappa shape index (κ2) is 3.23. The van der Waals surface area contributed by atoms with E-state index in [1.54, 1.807) is 10.6 Å². The van der Waals surface area contributed by atoms with E-state index < -0.39 is 5.97 Å². The minimum atomic E-state index is -0.909. The van der Waals surface area contributed by atoms with Crippen molar-refractivity contribution in [2.24, 2.45) is 0 Å². The Morgan fingerprint density at radius 1 is 1.60 bits per heavy atom. The van der Waals surface area contributed by atoms with Crippen LogP contribution < -0.4 is 5.73 Å². The summed E-state index contributed by atoms with van der Waals surface area (Å²) in [7, 11) is 0. The summed E-state index contributed by atoms with van der Waals surface area (Å²) in [5.41, 5.74) is 7.02. The standard InChI is InChI=1S/C9H10N4O2/c1-5-2-6-8(10)11-4-12-9(6)13(5)3-7(14)15/h2,4H,3H2,1H3,(H,14,15)(H2,10,11,12). The lowest BCUT2D eigenvalue weighted by Crippen LogP contribution is -2.10. The van der Waals surface area contributed by atoms with Crippen molar-refractivity contribution in [3.8, 4) is 0 Å². The van der Waals surface area contributed by atoms with Crippen LogP contribution in [0.15, 0.2) is 12.4 Å². The van der Waals surface area contributed by atoms with Crippen LogP contribution in [-0.2, 0) is 11.3 Å². The molecule has 0 unspecified atom stereocenters. The van der Waals surface area contributed by atoms with Gasteiger partial charge in [-0.05, 0) is 13.0 Å². The molecule has 6 heteroatoms. The summed E-state index contributed by atoms with van der Waals surface area (Å²) in [6, 6.07) is 1.79. The van der Waals surface area contributed by atoms with E-state index in [9.17, 15) is 4.79 Å². The highest BCUT2D eigenvalue weighted by atomic mass is 16.4. The van der Waals surface area contributed by atoms with Crippen molar-refractivity contribution in [3.63, 3.8) is 0 Å². The van der Waals surface area contributed by atoms with Gasteiger partial charge < -0.3 is 15.4 Å². The maximum atomic E-state index is 10.7. The third-order valence-electron chi connectivity index (χ3n) is 2.22. The predicted molar refractivity (Wildman–Crippen MR) is 54.3 cm³/mol. The third-order valence-corrected chi connectivity index (χ3v) is 2.22. The summed E-state index contributed by atoms with van der Waals surface area (Å²) in [4.78, 5) is 18.5. The molecule has 0 saturated carbocycles. The van der Waals surface area contributed by atoms with Crippen LogP contribution in [0.3, 0.4) is 0 Å². The molecule has 78 valence electrons. The maximum Gasteiger partial charge on any atom is 0.323 e. The van der Waals surface area contributed by atoms with Gasteiger partial charge in [-0.3, -0.25) is 4.79 Å². The zero-order valence-electron chi connectivity index (χ0n) is 8.14. The van der Waals surface area contributed by atoms with Crippen LogP contribution in [0.5, 0.6) is 0 Å². The Balaban J connectivity index is 2.68. The van der Waals surface area contributed by atoms with E-state index in [2.05, 4.69) is 9.97 Å². The number of aliphatic carboxylic acids is 1. The summed E-state index contributed by atoms with van der Waals surface area (Å²) >= 11 is 0. The molecule has 0 amide bonds. The fourth-order valence-electron chi connectivity index (χ4n) is 1.54. The van der Waals surface area contributed by atoms with E-state index in [1.807, 2.05) is 6.92 Å². The summed E-state index contributed by atoms with van der Waals surface area (Å²) < 4.78 is 1.59. The van der Waals surface area contributed by atoms with Gasteiger partial charge in [-0.1, -0.05) is 0 Å². The van der Waals surface area contributed by atoms with Crippen molar-refractivity contribution in [2.75, 3.05) is 5.73 Å². The Kier molecular flexibility index (Phi) is 2.03. The topological polar surface area (TPSA) is 94.0 Å². The first-order chi connectivity index (χ1) is 7.09. The number of hydrogen-bond acceptors (Lipinski definition) is 4. The fourth-order valence-corrected chi connectivity index (χ4v) is 1.54. The maximum absolute atomic E-state index is 10.7. The molecule has 3 N–H and O–H groups in total. The molecule has 2 aromatic rings. The van der Waals surface area contributed by atoms with E-state index in [1.165, 1.54) is 6.33 Å². The Morgan fingerprint density at radius 3 is 3.00 bits per heavy atom. The number of nitrogens with two attached hydrogens (primary N) is 1. The van der Waals surface area contributed by atoms with Crippen molar-refractivity contribution >= 4 is 22.8 Å². The largest absolute Gasteiger partial charge is 0.480 e. The molecule has 0 radical (unpaired) electrons. The second-order valence-corrected chi connectivity index (χ2v) is 3.26. The van der Waals surface area contributed by atoms with Gasteiger partial charge >= 0.3 is 5.97 Å². The first kappa shape index (κ1) is 9.45. The van der Waals surface area contributed by atoms with Crippen LogP contribution in [0.1, 0.15) is 5.69 Å². The van der Waals surface area contributed by atoms with Crippen LogP contribution in [0.4, 0.5) is 5.82 Å². The molecule has 0 aliphatic carbocycles. The lowest BCUT2D eigenvalue weighted by molar-refractivity contribution is -0.137. The number of carbonyl (C=O) groups is 1. The average molecular weight is 206 g/mol. The molecule has 0 aliphatic rings. The lowest BCUT2D eigenvalue weighted by atomic mass is 10.3. The number of carboxylic acid groups (broad SMARTS) is 1. The third kappa shape index (κ3) is 1.50. The monoisotopic (exact) mass is 206 g/mol. The zero-order chi connectivity index (χ0) is 11.0. The molecule has 0 aromatic carbocycles. The highest BCUT2D eigenvalue weighted by Gasteiger charge is 2.11. The van der Waals surface area contributed by atoms with Crippen LogP contribution in [0.25, 0.3) is 11.0 Å². The fraction of sp³-hybridized carbons (Fsp3) is 0.222. The van der Waals surface area contributed by atoms with Crippen LogP contribution >= 0.6 is 0 Å². The van der Waals surface area contributed by atoms with Crippen LogP contribution in [0, 0.1) is 6.92 Å². The molecule has 2 rings (SSSR count). The van der Waals surface area contributed by atoms with E-state index in [4.69, 9.17) is 10.8 Å². The van der Waals surface area contributed by atoms with Gasteiger partial charge in [0.05, 0.1) is 5.39 Å². The molecule has 0 saturated heterocycles. The second-order valence-electron chi connectivity index (χ2n) is 3.26. The Morgan fingerprint density at radius 2 is 2.33 bits per heavy atom. The Labute approximate surface area is 85.4 Å². The van der Waals surface area contributed by atoms with Gasteiger partial charge in [-0.25, -0.2) is 9.97 Å². The smallest absolute Gasteiger partial charge is 0.323 e. The molecule has 0 fully saturated rings. The number of fused-ring (bicyclic) bond motifs is 1. The van der Waals surface area contributed by atoms with E-state index in [0.29, 0.717) is 16.9 Å². The van der Waals surface area contributed by atoms with Gasteiger partial charge in [-0.15, -0.1) is 0 Å².